The van der Waals surface area contributed by atoms with Crippen molar-refractivity contribution in [1.29, 1.82) is 0 Å². The lowest BCUT2D eigenvalue weighted by Gasteiger charge is -2.42. The van der Waals surface area contributed by atoms with Crippen LogP contribution in [0.15, 0.2) is 6.33 Å². The molecule has 114 valence electrons. The van der Waals surface area contributed by atoms with Crippen LogP contribution in [0.1, 0.15) is 45.9 Å². The molecule has 0 bridgehead atoms. The highest BCUT2D eigenvalue weighted by Gasteiger charge is 2.37. The first-order valence-electron chi connectivity index (χ1n) is 7.87. The number of hydrogen-bond acceptors (Lipinski definition) is 4. The molecule has 0 aliphatic carbocycles. The summed E-state index contributed by atoms with van der Waals surface area (Å²) in [6.07, 6.45) is 6.39. The average molecular weight is 279 g/mol. The molecule has 20 heavy (non-hydrogen) atoms. The van der Waals surface area contributed by atoms with Gasteiger partial charge in [-0.15, -0.1) is 0 Å². The highest BCUT2D eigenvalue weighted by atomic mass is 15.3. The molecule has 1 aliphatic rings. The van der Waals surface area contributed by atoms with Gasteiger partial charge in [-0.2, -0.15) is 5.10 Å². The van der Waals surface area contributed by atoms with Crippen LogP contribution in [0, 0.1) is 0 Å². The molecule has 1 N–H and O–H groups in total. The number of nitrogens with one attached hydrogen (secondary N) is 1. The van der Waals surface area contributed by atoms with Crippen molar-refractivity contribution in [2.24, 2.45) is 7.05 Å². The maximum atomic E-state index is 4.40. The second-order valence-electron chi connectivity index (χ2n) is 6.36. The van der Waals surface area contributed by atoms with E-state index in [4.69, 9.17) is 0 Å². The SMILES string of the molecule is CCCNC(Cc1ncnn1C)C(C)(C)N1CCCC1. The van der Waals surface area contributed by atoms with Crippen LogP contribution in [0.5, 0.6) is 0 Å². The third-order valence-corrected chi connectivity index (χ3v) is 4.61. The molecule has 0 amide bonds. The predicted molar refractivity (Wildman–Crippen MR) is 81.7 cm³/mol. The van der Waals surface area contributed by atoms with Crippen LogP contribution in [0.2, 0.25) is 0 Å². The summed E-state index contributed by atoms with van der Waals surface area (Å²) < 4.78 is 1.89. The van der Waals surface area contributed by atoms with E-state index in [0.717, 1.165) is 25.2 Å². The predicted octanol–water partition coefficient (Wildman–Crippen LogP) is 1.60. The quantitative estimate of drug-likeness (QED) is 0.823. The van der Waals surface area contributed by atoms with E-state index >= 15 is 0 Å². The fraction of sp³-hybridized carbons (Fsp3) is 0.867. The van der Waals surface area contributed by atoms with Crippen molar-refractivity contribution in [3.8, 4) is 0 Å². The maximum Gasteiger partial charge on any atom is 0.138 e. The van der Waals surface area contributed by atoms with E-state index in [2.05, 4.69) is 41.1 Å². The first kappa shape index (κ1) is 15.4. The molecule has 5 nitrogen and oxygen atoms in total. The summed E-state index contributed by atoms with van der Waals surface area (Å²) in [5.74, 6) is 1.06. The van der Waals surface area contributed by atoms with E-state index in [9.17, 15) is 0 Å². The minimum Gasteiger partial charge on any atom is -0.312 e. The summed E-state index contributed by atoms with van der Waals surface area (Å²) in [7, 11) is 1.97. The first-order chi connectivity index (χ1) is 9.55. The first-order valence-corrected chi connectivity index (χ1v) is 7.87. The van der Waals surface area contributed by atoms with Crippen molar-refractivity contribution < 1.29 is 0 Å². The van der Waals surface area contributed by atoms with Gasteiger partial charge in [-0.25, -0.2) is 4.98 Å². The molecule has 0 aromatic carbocycles. The van der Waals surface area contributed by atoms with Gasteiger partial charge < -0.3 is 5.32 Å². The molecule has 1 aliphatic heterocycles. The molecule has 1 saturated heterocycles. The van der Waals surface area contributed by atoms with Crippen LogP contribution in [0.3, 0.4) is 0 Å². The fourth-order valence-corrected chi connectivity index (χ4v) is 3.09. The molecule has 2 heterocycles. The normalized spacial score (nSPS) is 18.6. The molecule has 1 unspecified atom stereocenters. The maximum absolute atomic E-state index is 4.40. The van der Waals surface area contributed by atoms with Crippen LogP contribution in [-0.2, 0) is 13.5 Å². The third-order valence-electron chi connectivity index (χ3n) is 4.61. The van der Waals surface area contributed by atoms with Gasteiger partial charge in [0.2, 0.25) is 0 Å². The molecule has 1 atom stereocenters. The van der Waals surface area contributed by atoms with E-state index in [1.807, 2.05) is 11.7 Å². The second kappa shape index (κ2) is 6.68. The Hall–Kier alpha value is -0.940. The molecular formula is C15H29N5. The summed E-state index contributed by atoms with van der Waals surface area (Å²) in [5.41, 5.74) is 0.150. The molecule has 0 spiro atoms. The molecule has 1 aromatic rings. The topological polar surface area (TPSA) is 46.0 Å². The standard InChI is InChI=1S/C15H29N5/c1-5-8-16-13(11-14-17-12-18-19(14)4)15(2,3)20-9-6-7-10-20/h12-13,16H,5-11H2,1-4H3. The van der Waals surface area contributed by atoms with E-state index in [1.54, 1.807) is 6.33 Å². The van der Waals surface area contributed by atoms with Crippen LogP contribution in [0.25, 0.3) is 0 Å². The minimum atomic E-state index is 0.150. The summed E-state index contributed by atoms with van der Waals surface area (Å²) in [6, 6.07) is 0.406. The van der Waals surface area contributed by atoms with Crippen molar-refractivity contribution >= 4 is 0 Å². The zero-order valence-electron chi connectivity index (χ0n) is 13.4. The van der Waals surface area contributed by atoms with Gasteiger partial charge in [-0.3, -0.25) is 9.58 Å². The van der Waals surface area contributed by atoms with E-state index in [0.29, 0.717) is 6.04 Å². The number of likely N-dealkylation sites (tertiary alicyclic amines) is 1. The highest BCUT2D eigenvalue weighted by Crippen LogP contribution is 2.26. The molecular weight excluding hydrogens is 250 g/mol. The summed E-state index contributed by atoms with van der Waals surface area (Å²) in [6.45, 7) is 10.4. The van der Waals surface area contributed by atoms with Crippen molar-refractivity contribution in [2.45, 2.75) is 58.0 Å². The Morgan fingerprint density at radius 3 is 2.60 bits per heavy atom. The minimum absolute atomic E-state index is 0.150. The van der Waals surface area contributed by atoms with Crippen LogP contribution in [0.4, 0.5) is 0 Å². The Kier molecular flexibility index (Phi) is 5.16. The van der Waals surface area contributed by atoms with Crippen LogP contribution in [-0.4, -0.2) is 50.9 Å². The lowest BCUT2D eigenvalue weighted by Crippen LogP contribution is -2.58. The number of rotatable bonds is 7. The van der Waals surface area contributed by atoms with Crippen LogP contribution >= 0.6 is 0 Å². The molecule has 0 radical (unpaired) electrons. The molecule has 1 aromatic heterocycles. The largest absolute Gasteiger partial charge is 0.312 e. The Morgan fingerprint density at radius 2 is 2.05 bits per heavy atom. The van der Waals surface area contributed by atoms with Crippen molar-refractivity contribution in [3.63, 3.8) is 0 Å². The zero-order valence-corrected chi connectivity index (χ0v) is 13.4. The number of aromatic nitrogens is 3. The Morgan fingerprint density at radius 1 is 1.35 bits per heavy atom. The molecule has 1 fully saturated rings. The van der Waals surface area contributed by atoms with E-state index in [-0.39, 0.29) is 5.54 Å². The van der Waals surface area contributed by atoms with Gasteiger partial charge in [0.1, 0.15) is 12.2 Å². The van der Waals surface area contributed by atoms with Gasteiger partial charge in [-0.1, -0.05) is 6.92 Å². The number of hydrogen-bond donors (Lipinski definition) is 1. The van der Waals surface area contributed by atoms with Crippen LogP contribution < -0.4 is 5.32 Å². The Bertz CT molecular complexity index is 406. The molecule has 2 rings (SSSR count). The van der Waals surface area contributed by atoms with Crippen molar-refractivity contribution in [2.75, 3.05) is 19.6 Å². The monoisotopic (exact) mass is 279 g/mol. The third kappa shape index (κ3) is 3.38. The fourth-order valence-electron chi connectivity index (χ4n) is 3.09. The van der Waals surface area contributed by atoms with E-state index in [1.165, 1.54) is 25.9 Å². The molecule has 5 heteroatoms. The lowest BCUT2D eigenvalue weighted by atomic mass is 9.89. The lowest BCUT2D eigenvalue weighted by molar-refractivity contribution is 0.105. The van der Waals surface area contributed by atoms with Gasteiger partial charge in [0, 0.05) is 25.0 Å². The van der Waals surface area contributed by atoms with Crippen molar-refractivity contribution in [1.82, 2.24) is 25.0 Å². The van der Waals surface area contributed by atoms with Gasteiger partial charge in [0.25, 0.3) is 0 Å². The smallest absolute Gasteiger partial charge is 0.138 e. The van der Waals surface area contributed by atoms with E-state index < -0.39 is 0 Å². The van der Waals surface area contributed by atoms with Crippen molar-refractivity contribution in [3.05, 3.63) is 12.2 Å². The summed E-state index contributed by atoms with van der Waals surface area (Å²) >= 11 is 0. The van der Waals surface area contributed by atoms with Gasteiger partial charge in [0.05, 0.1) is 0 Å². The zero-order chi connectivity index (χ0) is 14.6. The second-order valence-corrected chi connectivity index (χ2v) is 6.36. The number of aryl methyl sites for hydroxylation is 1. The van der Waals surface area contributed by atoms with Gasteiger partial charge in [-0.05, 0) is 52.7 Å². The Balaban J connectivity index is 2.11. The average Bonchev–Trinajstić information content (AvgIpc) is 3.06. The van der Waals surface area contributed by atoms with Gasteiger partial charge in [0.15, 0.2) is 0 Å². The number of nitrogens with zero attached hydrogens (tertiary/aromatic N) is 4. The molecule has 0 saturated carbocycles. The summed E-state index contributed by atoms with van der Waals surface area (Å²) in [5, 5.41) is 7.92. The Labute approximate surface area is 122 Å². The van der Waals surface area contributed by atoms with Gasteiger partial charge >= 0.3 is 0 Å². The summed E-state index contributed by atoms with van der Waals surface area (Å²) in [4.78, 5) is 7.02. The highest BCUT2D eigenvalue weighted by molar-refractivity contribution is 5.01.